The zero-order valence-electron chi connectivity index (χ0n) is 7.63. The van der Waals surface area contributed by atoms with E-state index in [9.17, 15) is 5.11 Å². The number of hydrogen-bond donors (Lipinski definition) is 2. The number of rotatable bonds is 3. The molecule has 1 aromatic carbocycles. The van der Waals surface area contributed by atoms with Gasteiger partial charge in [0.1, 0.15) is 0 Å². The van der Waals surface area contributed by atoms with Gasteiger partial charge in [-0.25, -0.2) is 0 Å². The first-order chi connectivity index (χ1) is 6.06. The maximum atomic E-state index is 10.0. The molecule has 0 amide bonds. The van der Waals surface area contributed by atoms with Gasteiger partial charge in [-0.1, -0.05) is 28.1 Å². The fraction of sp³-hybridized carbons (Fsp3) is 0.400. The normalized spacial score (nSPS) is 15.4. The van der Waals surface area contributed by atoms with Gasteiger partial charge in [-0.15, -0.1) is 0 Å². The van der Waals surface area contributed by atoms with Crippen LogP contribution in [-0.2, 0) is 5.60 Å². The highest BCUT2D eigenvalue weighted by Gasteiger charge is 2.21. The van der Waals surface area contributed by atoms with Crippen molar-refractivity contribution in [2.75, 3.05) is 6.54 Å². The quantitative estimate of drug-likeness (QED) is 0.854. The van der Waals surface area contributed by atoms with Crippen LogP contribution in [0.5, 0.6) is 0 Å². The van der Waals surface area contributed by atoms with Crippen LogP contribution in [0, 0.1) is 0 Å². The number of hydrogen-bond acceptors (Lipinski definition) is 2. The van der Waals surface area contributed by atoms with Crippen LogP contribution in [0.4, 0.5) is 0 Å². The summed E-state index contributed by atoms with van der Waals surface area (Å²) in [6, 6.07) is 7.66. The molecule has 1 atom stereocenters. The van der Waals surface area contributed by atoms with E-state index in [1.54, 1.807) is 6.92 Å². The Bertz CT molecular complexity index is 286. The van der Waals surface area contributed by atoms with E-state index in [-0.39, 0.29) is 0 Å². The van der Waals surface area contributed by atoms with E-state index in [4.69, 9.17) is 5.73 Å². The van der Waals surface area contributed by atoms with Crippen LogP contribution < -0.4 is 5.73 Å². The van der Waals surface area contributed by atoms with Gasteiger partial charge in [0, 0.05) is 4.47 Å². The van der Waals surface area contributed by atoms with Crippen molar-refractivity contribution in [3.63, 3.8) is 0 Å². The van der Waals surface area contributed by atoms with Crippen LogP contribution in [0.1, 0.15) is 18.9 Å². The van der Waals surface area contributed by atoms with Crippen LogP contribution in [0.2, 0.25) is 0 Å². The van der Waals surface area contributed by atoms with Crippen molar-refractivity contribution >= 4 is 15.9 Å². The van der Waals surface area contributed by atoms with E-state index in [1.165, 1.54) is 0 Å². The van der Waals surface area contributed by atoms with Crippen molar-refractivity contribution in [2.45, 2.75) is 18.9 Å². The summed E-state index contributed by atoms with van der Waals surface area (Å²) in [6.07, 6.45) is 0.573. The predicted octanol–water partition coefficient (Wildman–Crippen LogP) is 2.01. The summed E-state index contributed by atoms with van der Waals surface area (Å²) in [4.78, 5) is 0. The predicted molar refractivity (Wildman–Crippen MR) is 57.4 cm³/mol. The van der Waals surface area contributed by atoms with Crippen molar-refractivity contribution in [1.29, 1.82) is 0 Å². The zero-order chi connectivity index (χ0) is 9.90. The first-order valence-electron chi connectivity index (χ1n) is 4.25. The monoisotopic (exact) mass is 243 g/mol. The minimum Gasteiger partial charge on any atom is -0.385 e. The second-order valence-electron chi connectivity index (χ2n) is 3.32. The number of aliphatic hydroxyl groups is 1. The summed E-state index contributed by atoms with van der Waals surface area (Å²) in [5, 5.41) is 10.0. The van der Waals surface area contributed by atoms with Gasteiger partial charge < -0.3 is 10.8 Å². The van der Waals surface area contributed by atoms with Gasteiger partial charge in [0.2, 0.25) is 0 Å². The summed E-state index contributed by atoms with van der Waals surface area (Å²) in [6.45, 7) is 2.27. The van der Waals surface area contributed by atoms with Crippen LogP contribution in [0.15, 0.2) is 28.7 Å². The Morgan fingerprint density at radius 2 is 2.23 bits per heavy atom. The molecule has 0 aromatic heterocycles. The summed E-state index contributed by atoms with van der Waals surface area (Å²) in [7, 11) is 0. The molecule has 0 saturated heterocycles. The fourth-order valence-electron chi connectivity index (χ4n) is 1.25. The molecule has 72 valence electrons. The lowest BCUT2D eigenvalue weighted by Gasteiger charge is -2.23. The van der Waals surface area contributed by atoms with E-state index >= 15 is 0 Å². The Hall–Kier alpha value is -0.380. The lowest BCUT2D eigenvalue weighted by molar-refractivity contribution is 0.0504. The molecule has 0 fully saturated rings. The lowest BCUT2D eigenvalue weighted by Crippen LogP contribution is -2.24. The summed E-state index contributed by atoms with van der Waals surface area (Å²) < 4.78 is 0.974. The maximum Gasteiger partial charge on any atom is 0.0880 e. The minimum absolute atomic E-state index is 0.486. The molecule has 1 aromatic rings. The molecular weight excluding hydrogens is 230 g/mol. The lowest BCUT2D eigenvalue weighted by atomic mass is 9.93. The molecule has 0 spiro atoms. The van der Waals surface area contributed by atoms with E-state index < -0.39 is 5.60 Å². The summed E-state index contributed by atoms with van der Waals surface area (Å²) in [5.41, 5.74) is 5.49. The summed E-state index contributed by atoms with van der Waals surface area (Å²) >= 11 is 3.36. The van der Waals surface area contributed by atoms with Crippen LogP contribution in [0.3, 0.4) is 0 Å². The molecule has 1 unspecified atom stereocenters. The molecule has 0 saturated carbocycles. The molecule has 2 nitrogen and oxygen atoms in total. The van der Waals surface area contributed by atoms with Gasteiger partial charge in [0.15, 0.2) is 0 Å². The third-order valence-electron chi connectivity index (χ3n) is 2.08. The molecule has 0 aliphatic rings. The number of nitrogens with two attached hydrogens (primary N) is 1. The van der Waals surface area contributed by atoms with Gasteiger partial charge in [0.05, 0.1) is 5.60 Å². The standard InChI is InChI=1S/C10H14BrNO/c1-10(13,5-6-12)8-3-2-4-9(11)7-8/h2-4,7,13H,5-6,12H2,1H3. The highest BCUT2D eigenvalue weighted by Crippen LogP contribution is 2.25. The molecule has 3 heteroatoms. The van der Waals surface area contributed by atoms with Crippen molar-refractivity contribution in [3.05, 3.63) is 34.3 Å². The van der Waals surface area contributed by atoms with Crippen molar-refractivity contribution in [1.82, 2.24) is 0 Å². The van der Waals surface area contributed by atoms with Gasteiger partial charge in [-0.05, 0) is 37.6 Å². The smallest absolute Gasteiger partial charge is 0.0880 e. The van der Waals surface area contributed by atoms with E-state index in [0.717, 1.165) is 10.0 Å². The topological polar surface area (TPSA) is 46.2 Å². The Balaban J connectivity index is 2.93. The molecule has 0 bridgehead atoms. The third-order valence-corrected chi connectivity index (χ3v) is 2.57. The molecule has 13 heavy (non-hydrogen) atoms. The highest BCUT2D eigenvalue weighted by molar-refractivity contribution is 9.10. The second-order valence-corrected chi connectivity index (χ2v) is 4.24. The largest absolute Gasteiger partial charge is 0.385 e. The zero-order valence-corrected chi connectivity index (χ0v) is 9.21. The van der Waals surface area contributed by atoms with Crippen molar-refractivity contribution in [2.24, 2.45) is 5.73 Å². The van der Waals surface area contributed by atoms with Crippen LogP contribution in [-0.4, -0.2) is 11.7 Å². The number of benzene rings is 1. The molecule has 3 N–H and O–H groups in total. The maximum absolute atomic E-state index is 10.0. The van der Waals surface area contributed by atoms with E-state index in [2.05, 4.69) is 15.9 Å². The Labute approximate surface area is 86.9 Å². The second kappa shape index (κ2) is 4.22. The third kappa shape index (κ3) is 2.79. The van der Waals surface area contributed by atoms with Crippen molar-refractivity contribution < 1.29 is 5.11 Å². The molecule has 0 aliphatic carbocycles. The van der Waals surface area contributed by atoms with E-state index in [1.807, 2.05) is 24.3 Å². The molecule has 0 radical (unpaired) electrons. The average Bonchev–Trinajstić information content (AvgIpc) is 2.04. The Morgan fingerprint density at radius 1 is 1.54 bits per heavy atom. The van der Waals surface area contributed by atoms with Crippen LogP contribution in [0.25, 0.3) is 0 Å². The first-order valence-corrected chi connectivity index (χ1v) is 5.04. The van der Waals surface area contributed by atoms with Crippen molar-refractivity contribution in [3.8, 4) is 0 Å². The van der Waals surface area contributed by atoms with E-state index in [0.29, 0.717) is 13.0 Å². The fourth-order valence-corrected chi connectivity index (χ4v) is 1.65. The van der Waals surface area contributed by atoms with Gasteiger partial charge in [-0.3, -0.25) is 0 Å². The molecule has 1 rings (SSSR count). The summed E-state index contributed by atoms with van der Waals surface area (Å²) in [5.74, 6) is 0. The highest BCUT2D eigenvalue weighted by atomic mass is 79.9. The van der Waals surface area contributed by atoms with Crippen LogP contribution >= 0.6 is 15.9 Å². The minimum atomic E-state index is -0.821. The number of halogens is 1. The molecule has 0 heterocycles. The Kier molecular flexibility index (Phi) is 3.47. The van der Waals surface area contributed by atoms with Gasteiger partial charge in [-0.2, -0.15) is 0 Å². The average molecular weight is 244 g/mol. The SMILES string of the molecule is CC(O)(CCN)c1cccc(Br)c1. The molecule has 0 aliphatic heterocycles. The Morgan fingerprint density at radius 3 is 2.77 bits per heavy atom. The van der Waals surface area contributed by atoms with Gasteiger partial charge >= 0.3 is 0 Å². The first kappa shape index (κ1) is 10.7. The van der Waals surface area contributed by atoms with Gasteiger partial charge in [0.25, 0.3) is 0 Å². The molecular formula is C10H14BrNO.